The number of carbonyl (C=O) groups is 1. The van der Waals surface area contributed by atoms with Crippen molar-refractivity contribution in [1.29, 1.82) is 0 Å². The maximum atomic E-state index is 13.0. The van der Waals surface area contributed by atoms with E-state index >= 15 is 0 Å². The SMILES string of the molecule is COc1ccc(CC(=O)Nc2c(Cl)cncc2Cl)c2nc([C@H](Cc3ccccc3)c3ccccc3)[nH]c12. The Morgan fingerprint density at radius 2 is 1.65 bits per heavy atom. The lowest BCUT2D eigenvalue weighted by molar-refractivity contribution is -0.115. The van der Waals surface area contributed by atoms with Crippen LogP contribution >= 0.6 is 23.2 Å². The third-order valence-electron chi connectivity index (χ3n) is 6.21. The summed E-state index contributed by atoms with van der Waals surface area (Å²) in [6, 6.07) is 24.3. The summed E-state index contributed by atoms with van der Waals surface area (Å²) in [5, 5.41) is 3.34. The van der Waals surface area contributed by atoms with E-state index in [2.05, 4.69) is 39.6 Å². The first kappa shape index (κ1) is 24.8. The van der Waals surface area contributed by atoms with Gasteiger partial charge in [0.2, 0.25) is 5.91 Å². The molecule has 2 heterocycles. The van der Waals surface area contributed by atoms with Gasteiger partial charge in [0.05, 0.1) is 34.8 Å². The highest BCUT2D eigenvalue weighted by Gasteiger charge is 2.22. The van der Waals surface area contributed by atoms with Gasteiger partial charge in [-0.15, -0.1) is 0 Å². The summed E-state index contributed by atoms with van der Waals surface area (Å²) < 4.78 is 5.62. The number of benzene rings is 3. The van der Waals surface area contributed by atoms with Crippen LogP contribution in [0.5, 0.6) is 5.75 Å². The van der Waals surface area contributed by atoms with Crippen molar-refractivity contribution < 1.29 is 9.53 Å². The number of imidazole rings is 1. The molecule has 0 spiro atoms. The number of nitrogens with one attached hydrogen (secondary N) is 2. The molecule has 0 radical (unpaired) electrons. The zero-order valence-corrected chi connectivity index (χ0v) is 21.6. The monoisotopic (exact) mass is 530 g/mol. The fraction of sp³-hybridized carbons (Fsp3) is 0.138. The number of hydrogen-bond acceptors (Lipinski definition) is 4. The Kier molecular flexibility index (Phi) is 7.40. The van der Waals surface area contributed by atoms with Gasteiger partial charge < -0.3 is 15.0 Å². The van der Waals surface area contributed by atoms with Crippen molar-refractivity contribution in [3.63, 3.8) is 0 Å². The zero-order chi connectivity index (χ0) is 25.8. The summed E-state index contributed by atoms with van der Waals surface area (Å²) in [4.78, 5) is 25.4. The van der Waals surface area contributed by atoms with Crippen molar-refractivity contribution in [3.05, 3.63) is 118 Å². The first-order valence-electron chi connectivity index (χ1n) is 11.8. The molecule has 0 fully saturated rings. The number of ether oxygens (including phenoxy) is 1. The lowest BCUT2D eigenvalue weighted by Gasteiger charge is -2.15. The molecule has 0 aliphatic rings. The van der Waals surface area contributed by atoms with E-state index in [0.29, 0.717) is 17.0 Å². The zero-order valence-electron chi connectivity index (χ0n) is 20.0. The summed E-state index contributed by atoms with van der Waals surface area (Å²) >= 11 is 12.4. The number of pyridine rings is 1. The predicted octanol–water partition coefficient (Wildman–Crippen LogP) is 6.83. The van der Waals surface area contributed by atoms with Gasteiger partial charge in [0.15, 0.2) is 0 Å². The minimum Gasteiger partial charge on any atom is -0.494 e. The number of amides is 1. The van der Waals surface area contributed by atoms with Gasteiger partial charge in [0, 0.05) is 18.3 Å². The van der Waals surface area contributed by atoms with E-state index in [1.165, 1.54) is 18.0 Å². The molecule has 8 heteroatoms. The quantitative estimate of drug-likeness (QED) is 0.230. The maximum absolute atomic E-state index is 13.0. The molecule has 5 rings (SSSR count). The van der Waals surface area contributed by atoms with E-state index in [-0.39, 0.29) is 28.3 Å². The van der Waals surface area contributed by atoms with Gasteiger partial charge in [-0.3, -0.25) is 9.78 Å². The van der Waals surface area contributed by atoms with Crippen molar-refractivity contribution >= 4 is 45.8 Å². The molecular weight excluding hydrogens is 507 g/mol. The first-order valence-corrected chi connectivity index (χ1v) is 12.5. The number of nitrogens with zero attached hydrogens (tertiary/aromatic N) is 2. The number of aromatic amines is 1. The maximum Gasteiger partial charge on any atom is 0.228 e. The number of rotatable bonds is 8. The number of methoxy groups -OCH3 is 1. The normalized spacial score (nSPS) is 11.9. The van der Waals surface area contributed by atoms with Crippen molar-refractivity contribution in [3.8, 4) is 5.75 Å². The van der Waals surface area contributed by atoms with Crippen LogP contribution in [0.3, 0.4) is 0 Å². The Labute approximate surface area is 224 Å². The van der Waals surface area contributed by atoms with E-state index in [1.54, 1.807) is 7.11 Å². The molecule has 186 valence electrons. The van der Waals surface area contributed by atoms with Gasteiger partial charge in [0.25, 0.3) is 0 Å². The molecule has 1 amide bonds. The standard InChI is InChI=1S/C29H24Cl2N4O2/c1-37-24-13-12-20(15-25(36)33-27-22(30)16-32-17-23(27)31)26-28(24)35-29(34-26)21(19-10-6-3-7-11-19)14-18-8-4-2-5-9-18/h2-13,16-17,21H,14-15H2,1H3,(H,34,35)(H,32,33,36)/t21-/m1/s1. The van der Waals surface area contributed by atoms with Gasteiger partial charge in [-0.1, -0.05) is 89.9 Å². The molecule has 1 atom stereocenters. The second-order valence-corrected chi connectivity index (χ2v) is 9.44. The summed E-state index contributed by atoms with van der Waals surface area (Å²) in [6.07, 6.45) is 3.71. The number of hydrogen-bond donors (Lipinski definition) is 2. The van der Waals surface area contributed by atoms with Crippen LogP contribution < -0.4 is 10.1 Å². The fourth-order valence-corrected chi connectivity index (χ4v) is 4.87. The van der Waals surface area contributed by atoms with Crippen LogP contribution in [0, 0.1) is 0 Å². The molecular formula is C29H24Cl2N4O2. The van der Waals surface area contributed by atoms with E-state index < -0.39 is 0 Å². The minimum absolute atomic E-state index is 0.0168. The fourth-order valence-electron chi connectivity index (χ4n) is 4.41. The summed E-state index contributed by atoms with van der Waals surface area (Å²) in [7, 11) is 1.62. The second-order valence-electron chi connectivity index (χ2n) is 8.63. The predicted molar refractivity (Wildman–Crippen MR) is 148 cm³/mol. The van der Waals surface area contributed by atoms with E-state index in [0.717, 1.165) is 28.9 Å². The number of fused-ring (bicyclic) bond motifs is 1. The number of halogens is 2. The third-order valence-corrected chi connectivity index (χ3v) is 6.79. The topological polar surface area (TPSA) is 79.9 Å². The molecule has 0 saturated heterocycles. The lowest BCUT2D eigenvalue weighted by Crippen LogP contribution is -2.15. The van der Waals surface area contributed by atoms with Crippen LogP contribution in [-0.2, 0) is 17.6 Å². The van der Waals surface area contributed by atoms with E-state index in [9.17, 15) is 4.79 Å². The highest BCUT2D eigenvalue weighted by atomic mass is 35.5. The van der Waals surface area contributed by atoms with Crippen molar-refractivity contribution in [2.75, 3.05) is 12.4 Å². The van der Waals surface area contributed by atoms with Crippen LogP contribution in [0.15, 0.2) is 85.2 Å². The Morgan fingerprint density at radius 1 is 0.973 bits per heavy atom. The lowest BCUT2D eigenvalue weighted by atomic mass is 9.91. The van der Waals surface area contributed by atoms with Crippen LogP contribution in [0.4, 0.5) is 5.69 Å². The number of aromatic nitrogens is 3. The third kappa shape index (κ3) is 5.45. The molecule has 2 N–H and O–H groups in total. The van der Waals surface area contributed by atoms with E-state index in [4.69, 9.17) is 32.9 Å². The van der Waals surface area contributed by atoms with Crippen LogP contribution in [0.1, 0.15) is 28.4 Å². The van der Waals surface area contributed by atoms with Gasteiger partial charge in [-0.05, 0) is 29.2 Å². The molecule has 0 aliphatic heterocycles. The first-order chi connectivity index (χ1) is 18.0. The smallest absolute Gasteiger partial charge is 0.228 e. The Morgan fingerprint density at radius 3 is 2.32 bits per heavy atom. The summed E-state index contributed by atoms with van der Waals surface area (Å²) in [5.41, 5.74) is 4.87. The van der Waals surface area contributed by atoms with Gasteiger partial charge in [-0.2, -0.15) is 0 Å². The van der Waals surface area contributed by atoms with Crippen molar-refractivity contribution in [2.45, 2.75) is 18.8 Å². The van der Waals surface area contributed by atoms with Crippen molar-refractivity contribution in [2.24, 2.45) is 0 Å². The van der Waals surface area contributed by atoms with Gasteiger partial charge >= 0.3 is 0 Å². The summed E-state index contributed by atoms with van der Waals surface area (Å²) in [5.74, 6) is 1.17. The number of H-pyrrole nitrogens is 1. The molecule has 0 unspecified atom stereocenters. The molecule has 37 heavy (non-hydrogen) atoms. The van der Waals surface area contributed by atoms with Gasteiger partial charge in [0.1, 0.15) is 17.1 Å². The Bertz CT molecular complexity index is 1520. The molecule has 2 aromatic heterocycles. The second kappa shape index (κ2) is 11.0. The molecule has 0 saturated carbocycles. The Hall–Kier alpha value is -3.87. The molecule has 6 nitrogen and oxygen atoms in total. The number of anilines is 1. The summed E-state index contributed by atoms with van der Waals surface area (Å²) in [6.45, 7) is 0. The van der Waals surface area contributed by atoms with Crippen LogP contribution in [-0.4, -0.2) is 28.0 Å². The van der Waals surface area contributed by atoms with E-state index in [1.807, 2.05) is 48.5 Å². The molecule has 5 aromatic rings. The number of carbonyl (C=O) groups excluding carboxylic acids is 1. The average molecular weight is 531 g/mol. The highest BCUT2D eigenvalue weighted by molar-refractivity contribution is 6.39. The molecule has 0 bridgehead atoms. The largest absolute Gasteiger partial charge is 0.494 e. The Balaban J connectivity index is 1.52. The highest BCUT2D eigenvalue weighted by Crippen LogP contribution is 2.34. The minimum atomic E-state index is -0.269. The van der Waals surface area contributed by atoms with Gasteiger partial charge in [-0.25, -0.2) is 4.98 Å². The molecule has 3 aromatic carbocycles. The van der Waals surface area contributed by atoms with Crippen molar-refractivity contribution in [1.82, 2.24) is 15.0 Å². The molecule has 0 aliphatic carbocycles. The van der Waals surface area contributed by atoms with Crippen LogP contribution in [0.25, 0.3) is 11.0 Å². The van der Waals surface area contributed by atoms with Crippen LogP contribution in [0.2, 0.25) is 10.0 Å². The average Bonchev–Trinajstić information content (AvgIpc) is 3.36.